The van der Waals surface area contributed by atoms with Crippen LogP contribution in [0.15, 0.2) is 24.3 Å². The van der Waals surface area contributed by atoms with Gasteiger partial charge in [0.1, 0.15) is 12.4 Å². The molecule has 0 aliphatic carbocycles. The molecule has 0 radical (unpaired) electrons. The number of rotatable bonds is 8. The first-order valence-electron chi connectivity index (χ1n) is 6.28. The maximum Gasteiger partial charge on any atom is 0.215 e. The van der Waals surface area contributed by atoms with Crippen LogP contribution in [0.2, 0.25) is 0 Å². The lowest BCUT2D eigenvalue weighted by Gasteiger charge is -2.13. The van der Waals surface area contributed by atoms with Crippen molar-refractivity contribution in [3.05, 3.63) is 29.8 Å². The van der Waals surface area contributed by atoms with Crippen molar-refractivity contribution in [1.82, 2.24) is 10.0 Å². The van der Waals surface area contributed by atoms with E-state index < -0.39 is 15.3 Å². The third-order valence-corrected chi connectivity index (χ3v) is 4.52. The minimum Gasteiger partial charge on any atom is -0.492 e. The molecule has 1 rings (SSSR count). The molecule has 6 heteroatoms. The second-order valence-electron chi connectivity index (χ2n) is 4.47. The first-order chi connectivity index (χ1) is 8.95. The summed E-state index contributed by atoms with van der Waals surface area (Å²) in [4.78, 5) is 0. The average molecular weight is 286 g/mol. The van der Waals surface area contributed by atoms with E-state index in [0.717, 1.165) is 11.3 Å². The van der Waals surface area contributed by atoms with Crippen LogP contribution in [-0.4, -0.2) is 40.4 Å². The second kappa shape index (κ2) is 7.47. The Morgan fingerprint density at radius 1 is 1.37 bits per heavy atom. The molecule has 1 atom stereocenters. The molecule has 1 aromatic rings. The molecule has 0 aromatic heterocycles. The van der Waals surface area contributed by atoms with E-state index >= 15 is 0 Å². The monoisotopic (exact) mass is 286 g/mol. The SMILES string of the molecule is CNCC(C)S(=O)(=O)NCCOc1cccc(C)c1. The normalized spacial score (nSPS) is 13.2. The van der Waals surface area contributed by atoms with Crippen LogP contribution in [0.1, 0.15) is 12.5 Å². The molecular weight excluding hydrogens is 264 g/mol. The molecule has 0 aliphatic heterocycles. The third-order valence-electron chi connectivity index (χ3n) is 2.68. The fourth-order valence-corrected chi connectivity index (χ4v) is 2.64. The Labute approximate surface area is 115 Å². The minimum absolute atomic E-state index is 0.268. The number of hydrogen-bond donors (Lipinski definition) is 2. The van der Waals surface area contributed by atoms with Gasteiger partial charge in [0, 0.05) is 13.1 Å². The lowest BCUT2D eigenvalue weighted by molar-refractivity contribution is 0.322. The Morgan fingerprint density at radius 3 is 2.74 bits per heavy atom. The van der Waals surface area contributed by atoms with E-state index in [-0.39, 0.29) is 6.54 Å². The lowest BCUT2D eigenvalue weighted by atomic mass is 10.2. The molecule has 0 heterocycles. The highest BCUT2D eigenvalue weighted by Gasteiger charge is 2.18. The van der Waals surface area contributed by atoms with E-state index in [9.17, 15) is 8.42 Å². The zero-order valence-electron chi connectivity index (χ0n) is 11.6. The summed E-state index contributed by atoms with van der Waals surface area (Å²) < 4.78 is 31.6. The van der Waals surface area contributed by atoms with E-state index in [1.165, 1.54) is 0 Å². The molecular formula is C13H22N2O3S. The Hall–Kier alpha value is -1.11. The van der Waals surface area contributed by atoms with Gasteiger partial charge in [-0.15, -0.1) is 0 Å². The number of aryl methyl sites for hydroxylation is 1. The standard InChI is InChI=1S/C13H22N2O3S/c1-11-5-4-6-13(9-11)18-8-7-15-19(16,17)12(2)10-14-3/h4-6,9,12,14-15H,7-8,10H2,1-3H3. The molecule has 19 heavy (non-hydrogen) atoms. The summed E-state index contributed by atoms with van der Waals surface area (Å²) in [5.41, 5.74) is 1.11. The third kappa shape index (κ3) is 5.59. The van der Waals surface area contributed by atoms with Gasteiger partial charge < -0.3 is 10.1 Å². The van der Waals surface area contributed by atoms with Crippen LogP contribution in [0.5, 0.6) is 5.75 Å². The molecule has 2 N–H and O–H groups in total. The van der Waals surface area contributed by atoms with Crippen molar-refractivity contribution in [3.63, 3.8) is 0 Å². The molecule has 0 spiro atoms. The van der Waals surface area contributed by atoms with Crippen LogP contribution in [-0.2, 0) is 10.0 Å². The second-order valence-corrected chi connectivity index (χ2v) is 6.66. The van der Waals surface area contributed by atoms with Gasteiger partial charge in [-0.25, -0.2) is 13.1 Å². The van der Waals surface area contributed by atoms with Crippen molar-refractivity contribution in [1.29, 1.82) is 0 Å². The maximum atomic E-state index is 11.8. The minimum atomic E-state index is -3.28. The summed E-state index contributed by atoms with van der Waals surface area (Å²) in [5.74, 6) is 0.752. The molecule has 0 fully saturated rings. The van der Waals surface area contributed by atoms with Gasteiger partial charge in [-0.2, -0.15) is 0 Å². The van der Waals surface area contributed by atoms with Crippen molar-refractivity contribution in [2.24, 2.45) is 0 Å². The molecule has 0 aliphatic rings. The van der Waals surface area contributed by atoms with E-state index in [1.807, 2.05) is 31.2 Å². The first kappa shape index (κ1) is 15.9. The highest BCUT2D eigenvalue weighted by atomic mass is 32.2. The quantitative estimate of drug-likeness (QED) is 0.697. The number of nitrogens with one attached hydrogen (secondary N) is 2. The summed E-state index contributed by atoms with van der Waals surface area (Å²) in [7, 11) is -1.55. The number of ether oxygens (including phenoxy) is 1. The van der Waals surface area contributed by atoms with Gasteiger partial charge in [-0.05, 0) is 38.6 Å². The molecule has 0 bridgehead atoms. The summed E-state index contributed by atoms with van der Waals surface area (Å²) in [6, 6.07) is 7.65. The predicted molar refractivity (Wildman–Crippen MR) is 77.0 cm³/mol. The topological polar surface area (TPSA) is 67.4 Å². The molecule has 1 aromatic carbocycles. The molecule has 0 amide bonds. The van der Waals surface area contributed by atoms with Crippen molar-refractivity contribution < 1.29 is 13.2 Å². The van der Waals surface area contributed by atoms with E-state index in [4.69, 9.17) is 4.74 Å². The van der Waals surface area contributed by atoms with Gasteiger partial charge in [0.05, 0.1) is 5.25 Å². The van der Waals surface area contributed by atoms with Crippen molar-refractivity contribution in [2.45, 2.75) is 19.1 Å². The molecule has 1 unspecified atom stereocenters. The first-order valence-corrected chi connectivity index (χ1v) is 7.83. The Bertz CT molecular complexity index is 488. The maximum absolute atomic E-state index is 11.8. The number of hydrogen-bond acceptors (Lipinski definition) is 4. The zero-order valence-corrected chi connectivity index (χ0v) is 12.5. The van der Waals surface area contributed by atoms with Gasteiger partial charge in [0.15, 0.2) is 0 Å². The van der Waals surface area contributed by atoms with Crippen molar-refractivity contribution >= 4 is 10.0 Å². The smallest absolute Gasteiger partial charge is 0.215 e. The fourth-order valence-electron chi connectivity index (χ4n) is 1.60. The summed E-state index contributed by atoms with van der Waals surface area (Å²) >= 11 is 0. The molecule has 0 saturated heterocycles. The number of benzene rings is 1. The van der Waals surface area contributed by atoms with Crippen LogP contribution in [0.25, 0.3) is 0 Å². The van der Waals surface area contributed by atoms with E-state index in [0.29, 0.717) is 13.2 Å². The van der Waals surface area contributed by atoms with Gasteiger partial charge in [-0.1, -0.05) is 12.1 Å². The van der Waals surface area contributed by atoms with Crippen LogP contribution in [0, 0.1) is 6.92 Å². The molecule has 0 saturated carbocycles. The highest BCUT2D eigenvalue weighted by molar-refractivity contribution is 7.90. The Balaban J connectivity index is 2.35. The number of sulfonamides is 1. The van der Waals surface area contributed by atoms with Gasteiger partial charge in [-0.3, -0.25) is 0 Å². The van der Waals surface area contributed by atoms with Crippen LogP contribution < -0.4 is 14.8 Å². The Morgan fingerprint density at radius 2 is 2.11 bits per heavy atom. The van der Waals surface area contributed by atoms with Crippen LogP contribution in [0.4, 0.5) is 0 Å². The highest BCUT2D eigenvalue weighted by Crippen LogP contribution is 2.11. The van der Waals surface area contributed by atoms with Crippen LogP contribution in [0.3, 0.4) is 0 Å². The Kier molecular flexibility index (Phi) is 6.27. The molecule has 108 valence electrons. The van der Waals surface area contributed by atoms with Gasteiger partial charge >= 0.3 is 0 Å². The zero-order chi connectivity index (χ0) is 14.3. The summed E-state index contributed by atoms with van der Waals surface area (Å²) in [5, 5.41) is 2.38. The summed E-state index contributed by atoms with van der Waals surface area (Å²) in [6.45, 7) is 4.66. The van der Waals surface area contributed by atoms with Crippen molar-refractivity contribution in [2.75, 3.05) is 26.7 Å². The van der Waals surface area contributed by atoms with E-state index in [1.54, 1.807) is 14.0 Å². The lowest BCUT2D eigenvalue weighted by Crippen LogP contribution is -2.39. The molecule has 5 nitrogen and oxygen atoms in total. The van der Waals surface area contributed by atoms with Gasteiger partial charge in [0.25, 0.3) is 0 Å². The van der Waals surface area contributed by atoms with Gasteiger partial charge in [0.2, 0.25) is 10.0 Å². The largest absolute Gasteiger partial charge is 0.492 e. The summed E-state index contributed by atoms with van der Waals surface area (Å²) in [6.07, 6.45) is 0. The predicted octanol–water partition coefficient (Wildman–Crippen LogP) is 0.901. The van der Waals surface area contributed by atoms with Crippen molar-refractivity contribution in [3.8, 4) is 5.75 Å². The van der Waals surface area contributed by atoms with Crippen LogP contribution >= 0.6 is 0 Å². The fraction of sp³-hybridized carbons (Fsp3) is 0.538. The average Bonchev–Trinajstić information content (AvgIpc) is 2.35. The van der Waals surface area contributed by atoms with E-state index in [2.05, 4.69) is 10.0 Å².